The minimum Gasteiger partial charge on any atom is -0.398 e. The molecule has 1 aromatic rings. The molecule has 0 aromatic carbocycles. The molecule has 1 rings (SSSR count). The third kappa shape index (κ3) is 5.33. The summed E-state index contributed by atoms with van der Waals surface area (Å²) in [5.41, 5.74) is 6.28. The van der Waals surface area contributed by atoms with Crippen LogP contribution < -0.4 is 11.3 Å². The molecule has 5 heteroatoms. The minimum absolute atomic E-state index is 0.00108. The van der Waals surface area contributed by atoms with Crippen LogP contribution in [0, 0.1) is 0 Å². The lowest BCUT2D eigenvalue weighted by molar-refractivity contribution is 0.121. The maximum atomic E-state index is 11.5. The van der Waals surface area contributed by atoms with Crippen molar-refractivity contribution >= 4 is 5.69 Å². The summed E-state index contributed by atoms with van der Waals surface area (Å²) in [4.78, 5) is 13.7. The zero-order valence-corrected chi connectivity index (χ0v) is 11.3. The first kappa shape index (κ1) is 14.7. The number of hydrogen-bond acceptors (Lipinski definition) is 4. The highest BCUT2D eigenvalue weighted by Crippen LogP contribution is 1.97. The van der Waals surface area contributed by atoms with Crippen molar-refractivity contribution in [2.75, 3.05) is 39.1 Å². The van der Waals surface area contributed by atoms with Gasteiger partial charge in [-0.05, 0) is 33.0 Å². The van der Waals surface area contributed by atoms with E-state index in [4.69, 9.17) is 10.5 Å². The number of aromatic nitrogens is 1. The highest BCUT2D eigenvalue weighted by atomic mass is 16.5. The Bertz CT molecular complexity index is 403. The highest BCUT2D eigenvalue weighted by molar-refractivity contribution is 5.33. The Balaban J connectivity index is 2.28. The van der Waals surface area contributed by atoms with E-state index in [-0.39, 0.29) is 5.56 Å². The molecule has 0 fully saturated rings. The van der Waals surface area contributed by atoms with Crippen molar-refractivity contribution < 1.29 is 4.74 Å². The largest absolute Gasteiger partial charge is 0.398 e. The Morgan fingerprint density at radius 3 is 2.89 bits per heavy atom. The van der Waals surface area contributed by atoms with Crippen LogP contribution in [0.2, 0.25) is 0 Å². The average Bonchev–Trinajstić information content (AvgIpc) is 2.34. The number of pyridine rings is 1. The van der Waals surface area contributed by atoms with Crippen molar-refractivity contribution in [1.82, 2.24) is 9.47 Å². The maximum absolute atomic E-state index is 11.5. The first-order valence-corrected chi connectivity index (χ1v) is 6.35. The Hall–Kier alpha value is -1.33. The molecule has 5 nitrogen and oxygen atoms in total. The maximum Gasteiger partial charge on any atom is 0.250 e. The van der Waals surface area contributed by atoms with Gasteiger partial charge in [0.1, 0.15) is 0 Å². The molecule has 2 N–H and O–H groups in total. The molecule has 0 atom stereocenters. The van der Waals surface area contributed by atoms with E-state index in [1.165, 1.54) is 6.07 Å². The van der Waals surface area contributed by atoms with Gasteiger partial charge in [0.15, 0.2) is 0 Å². The van der Waals surface area contributed by atoms with E-state index >= 15 is 0 Å². The van der Waals surface area contributed by atoms with Gasteiger partial charge in [-0.1, -0.05) is 0 Å². The van der Waals surface area contributed by atoms with Gasteiger partial charge in [0.25, 0.3) is 5.56 Å². The Kier molecular flexibility index (Phi) is 6.46. The fourth-order valence-corrected chi connectivity index (χ4v) is 1.71. The molecular weight excluding hydrogens is 230 g/mol. The minimum atomic E-state index is 0.00108. The fraction of sp³-hybridized carbons (Fsp3) is 0.615. The van der Waals surface area contributed by atoms with Crippen LogP contribution in [0.1, 0.15) is 13.3 Å². The lowest BCUT2D eigenvalue weighted by atomic mass is 10.3. The van der Waals surface area contributed by atoms with Crippen LogP contribution in [-0.4, -0.2) is 42.8 Å². The number of aryl methyl sites for hydroxylation is 1. The van der Waals surface area contributed by atoms with Crippen molar-refractivity contribution in [2.45, 2.75) is 19.9 Å². The molecule has 102 valence electrons. The van der Waals surface area contributed by atoms with Crippen LogP contribution in [-0.2, 0) is 11.3 Å². The van der Waals surface area contributed by atoms with E-state index in [1.807, 2.05) is 6.92 Å². The van der Waals surface area contributed by atoms with E-state index < -0.39 is 0 Å². The first-order valence-electron chi connectivity index (χ1n) is 6.35. The molecule has 0 saturated heterocycles. The summed E-state index contributed by atoms with van der Waals surface area (Å²) < 4.78 is 6.95. The summed E-state index contributed by atoms with van der Waals surface area (Å²) in [5, 5.41) is 0. The second-order valence-electron chi connectivity index (χ2n) is 4.35. The number of hydrogen-bond donors (Lipinski definition) is 1. The molecule has 0 aliphatic heterocycles. The molecule has 0 radical (unpaired) electrons. The number of ether oxygens (including phenoxy) is 1. The summed E-state index contributed by atoms with van der Waals surface area (Å²) in [7, 11) is 2.06. The van der Waals surface area contributed by atoms with E-state index in [0.717, 1.165) is 32.7 Å². The topological polar surface area (TPSA) is 60.5 Å². The monoisotopic (exact) mass is 253 g/mol. The predicted molar refractivity (Wildman–Crippen MR) is 73.7 cm³/mol. The van der Waals surface area contributed by atoms with Gasteiger partial charge in [0.2, 0.25) is 0 Å². The molecule has 1 aromatic heterocycles. The fourth-order valence-electron chi connectivity index (χ4n) is 1.71. The standard InChI is InChI=1S/C13H23N3O2/c1-3-18-10-9-15(2)7-4-8-16-11-12(14)5-6-13(16)17/h5-6,11H,3-4,7-10,14H2,1-2H3. The van der Waals surface area contributed by atoms with Crippen LogP contribution in [0.4, 0.5) is 5.69 Å². The lowest BCUT2D eigenvalue weighted by Gasteiger charge is -2.16. The van der Waals surface area contributed by atoms with Gasteiger partial charge in [0.05, 0.1) is 6.61 Å². The van der Waals surface area contributed by atoms with Crippen LogP contribution >= 0.6 is 0 Å². The quantitative estimate of drug-likeness (QED) is 0.696. The van der Waals surface area contributed by atoms with Gasteiger partial charge >= 0.3 is 0 Å². The van der Waals surface area contributed by atoms with E-state index in [0.29, 0.717) is 12.2 Å². The van der Waals surface area contributed by atoms with Gasteiger partial charge in [-0.25, -0.2) is 0 Å². The normalized spacial score (nSPS) is 11.1. The number of likely N-dealkylation sites (N-methyl/N-ethyl adjacent to an activating group) is 1. The number of nitrogens with two attached hydrogens (primary N) is 1. The van der Waals surface area contributed by atoms with Gasteiger partial charge in [0, 0.05) is 37.6 Å². The molecule has 0 aliphatic carbocycles. The third-order valence-corrected chi connectivity index (χ3v) is 2.77. The van der Waals surface area contributed by atoms with E-state index in [2.05, 4.69) is 11.9 Å². The molecule has 0 bridgehead atoms. The SMILES string of the molecule is CCOCCN(C)CCCn1cc(N)ccc1=O. The molecule has 0 amide bonds. The predicted octanol–water partition coefficient (Wildman–Crippen LogP) is 0.789. The Labute approximate surface area is 108 Å². The summed E-state index contributed by atoms with van der Waals surface area (Å²) in [6.45, 7) is 6.06. The second-order valence-corrected chi connectivity index (χ2v) is 4.35. The van der Waals surface area contributed by atoms with E-state index in [1.54, 1.807) is 16.8 Å². The summed E-state index contributed by atoms with van der Waals surface area (Å²) in [6, 6.07) is 3.14. The third-order valence-electron chi connectivity index (χ3n) is 2.77. The van der Waals surface area contributed by atoms with Crippen LogP contribution in [0.3, 0.4) is 0 Å². The zero-order valence-electron chi connectivity index (χ0n) is 11.3. The van der Waals surface area contributed by atoms with Crippen LogP contribution in [0.25, 0.3) is 0 Å². The average molecular weight is 253 g/mol. The number of rotatable bonds is 8. The molecular formula is C13H23N3O2. The first-order chi connectivity index (χ1) is 8.63. The van der Waals surface area contributed by atoms with Gasteiger partial charge < -0.3 is 19.9 Å². The lowest BCUT2D eigenvalue weighted by Crippen LogP contribution is -2.26. The molecule has 1 heterocycles. The van der Waals surface area contributed by atoms with Gasteiger partial charge in [-0.2, -0.15) is 0 Å². The van der Waals surface area contributed by atoms with Crippen LogP contribution in [0.15, 0.2) is 23.1 Å². The molecule has 0 unspecified atom stereocenters. The summed E-state index contributed by atoms with van der Waals surface area (Å²) in [5.74, 6) is 0. The molecule has 0 saturated carbocycles. The van der Waals surface area contributed by atoms with Crippen LogP contribution in [0.5, 0.6) is 0 Å². The van der Waals surface area contributed by atoms with Crippen molar-refractivity contribution in [3.05, 3.63) is 28.7 Å². The van der Waals surface area contributed by atoms with Gasteiger partial charge in [-0.3, -0.25) is 4.79 Å². The Morgan fingerprint density at radius 2 is 2.17 bits per heavy atom. The smallest absolute Gasteiger partial charge is 0.250 e. The van der Waals surface area contributed by atoms with Crippen molar-refractivity contribution in [3.8, 4) is 0 Å². The molecule has 0 spiro atoms. The highest BCUT2D eigenvalue weighted by Gasteiger charge is 2.00. The van der Waals surface area contributed by atoms with Gasteiger partial charge in [-0.15, -0.1) is 0 Å². The number of anilines is 1. The van der Waals surface area contributed by atoms with E-state index in [9.17, 15) is 4.79 Å². The van der Waals surface area contributed by atoms with Crippen molar-refractivity contribution in [3.63, 3.8) is 0 Å². The van der Waals surface area contributed by atoms with Crippen molar-refractivity contribution in [2.24, 2.45) is 0 Å². The molecule has 0 aliphatic rings. The Morgan fingerprint density at radius 1 is 1.39 bits per heavy atom. The number of nitrogen functional groups attached to an aromatic ring is 1. The summed E-state index contributed by atoms with van der Waals surface area (Å²) in [6.07, 6.45) is 2.62. The zero-order chi connectivity index (χ0) is 13.4. The second kappa shape index (κ2) is 7.89. The summed E-state index contributed by atoms with van der Waals surface area (Å²) >= 11 is 0. The number of nitrogens with zero attached hydrogens (tertiary/aromatic N) is 2. The van der Waals surface area contributed by atoms with Crippen molar-refractivity contribution in [1.29, 1.82) is 0 Å². The molecule has 18 heavy (non-hydrogen) atoms.